The summed E-state index contributed by atoms with van der Waals surface area (Å²) in [5.41, 5.74) is 4.29. The van der Waals surface area contributed by atoms with Gasteiger partial charge in [0.25, 0.3) is 5.91 Å². The van der Waals surface area contributed by atoms with Crippen LogP contribution in [0.15, 0.2) is 59.6 Å². The van der Waals surface area contributed by atoms with Gasteiger partial charge in [0.1, 0.15) is 4.88 Å². The Morgan fingerprint density at radius 2 is 1.79 bits per heavy atom. The maximum absolute atomic E-state index is 13.8. The molecule has 1 aliphatic heterocycles. The SMILES string of the molecule is CN(C)CCN(C)Cc1cccc(-c2ccccc2S(=O)(=O)N2CCN(c3ncc(C(=O)NO)s3)CC2)c1. The van der Waals surface area contributed by atoms with E-state index in [1.165, 1.54) is 10.5 Å². The van der Waals surface area contributed by atoms with Crippen LogP contribution in [0.3, 0.4) is 0 Å². The zero-order chi connectivity index (χ0) is 27.3. The van der Waals surface area contributed by atoms with E-state index in [4.69, 9.17) is 5.21 Å². The zero-order valence-electron chi connectivity index (χ0n) is 21.9. The molecule has 38 heavy (non-hydrogen) atoms. The summed E-state index contributed by atoms with van der Waals surface area (Å²) in [6, 6.07) is 15.2. The molecule has 1 aliphatic rings. The number of nitrogens with zero attached hydrogens (tertiary/aromatic N) is 5. The van der Waals surface area contributed by atoms with Crippen LogP contribution in [0, 0.1) is 0 Å². The molecule has 4 rings (SSSR count). The van der Waals surface area contributed by atoms with Gasteiger partial charge in [-0.2, -0.15) is 4.31 Å². The molecule has 0 spiro atoms. The predicted molar refractivity (Wildman–Crippen MR) is 149 cm³/mol. The number of carbonyl (C=O) groups excluding carboxylic acids is 1. The number of carbonyl (C=O) groups is 1. The molecule has 2 N–H and O–H groups in total. The van der Waals surface area contributed by atoms with Gasteiger partial charge in [0.05, 0.1) is 11.1 Å². The van der Waals surface area contributed by atoms with Crippen LogP contribution in [0.1, 0.15) is 15.2 Å². The van der Waals surface area contributed by atoms with Crippen molar-refractivity contribution in [2.24, 2.45) is 0 Å². The first-order valence-corrected chi connectivity index (χ1v) is 14.6. The van der Waals surface area contributed by atoms with Gasteiger partial charge in [-0.15, -0.1) is 0 Å². The van der Waals surface area contributed by atoms with Gasteiger partial charge in [-0.3, -0.25) is 10.0 Å². The highest BCUT2D eigenvalue weighted by Crippen LogP contribution is 2.31. The molecule has 0 saturated carbocycles. The fraction of sp³-hybridized carbons (Fsp3) is 0.385. The number of hydrogen-bond donors (Lipinski definition) is 2. The molecule has 204 valence electrons. The maximum atomic E-state index is 13.8. The Kier molecular flexibility index (Phi) is 9.13. The summed E-state index contributed by atoms with van der Waals surface area (Å²) in [6.07, 6.45) is 1.40. The number of hydrogen-bond acceptors (Lipinski definition) is 9. The van der Waals surface area contributed by atoms with Crippen molar-refractivity contribution in [2.45, 2.75) is 11.4 Å². The Morgan fingerprint density at radius 3 is 2.50 bits per heavy atom. The van der Waals surface area contributed by atoms with E-state index < -0.39 is 15.9 Å². The van der Waals surface area contributed by atoms with Crippen molar-refractivity contribution in [1.29, 1.82) is 0 Å². The third-order valence-electron chi connectivity index (χ3n) is 6.45. The van der Waals surface area contributed by atoms with E-state index in [0.29, 0.717) is 41.8 Å². The topological polar surface area (TPSA) is 109 Å². The smallest absolute Gasteiger partial charge is 0.286 e. The lowest BCUT2D eigenvalue weighted by atomic mass is 10.0. The molecule has 12 heteroatoms. The predicted octanol–water partition coefficient (Wildman–Crippen LogP) is 2.43. The summed E-state index contributed by atoms with van der Waals surface area (Å²) < 4.78 is 29.0. The van der Waals surface area contributed by atoms with Crippen LogP contribution < -0.4 is 10.4 Å². The van der Waals surface area contributed by atoms with Gasteiger partial charge >= 0.3 is 0 Å². The van der Waals surface area contributed by atoms with Gasteiger partial charge in [-0.1, -0.05) is 47.7 Å². The van der Waals surface area contributed by atoms with Crippen LogP contribution >= 0.6 is 11.3 Å². The fourth-order valence-electron chi connectivity index (χ4n) is 4.36. The Balaban J connectivity index is 1.49. The number of rotatable bonds is 10. The standard InChI is InChI=1S/C26H34N6O4S2/c1-29(2)11-12-30(3)19-20-7-6-8-21(17-20)22-9-4-5-10-24(22)38(35,36)32-15-13-31(14-16-32)26-27-18-23(37-26)25(33)28-34/h4-10,17-18,34H,11-16,19H2,1-3H3,(H,28,33). The van der Waals surface area contributed by atoms with E-state index in [2.05, 4.69) is 48.1 Å². The zero-order valence-corrected chi connectivity index (χ0v) is 23.5. The molecule has 3 aromatic rings. The maximum Gasteiger partial charge on any atom is 0.286 e. The van der Waals surface area contributed by atoms with Gasteiger partial charge in [0, 0.05) is 51.4 Å². The number of aromatic nitrogens is 1. The number of benzene rings is 2. The highest BCUT2D eigenvalue weighted by molar-refractivity contribution is 7.89. The van der Waals surface area contributed by atoms with E-state index in [-0.39, 0.29) is 4.88 Å². The Morgan fingerprint density at radius 1 is 1.05 bits per heavy atom. The third kappa shape index (κ3) is 6.57. The quantitative estimate of drug-likeness (QED) is 0.289. The van der Waals surface area contributed by atoms with Crippen LogP contribution in [0.5, 0.6) is 0 Å². The molecule has 0 bridgehead atoms. The lowest BCUT2D eigenvalue weighted by Crippen LogP contribution is -2.48. The molecular formula is C26H34N6O4S2. The third-order valence-corrected chi connectivity index (χ3v) is 9.47. The van der Waals surface area contributed by atoms with Gasteiger partial charge < -0.3 is 14.7 Å². The molecule has 2 heterocycles. The largest absolute Gasteiger partial charge is 0.345 e. The summed E-state index contributed by atoms with van der Waals surface area (Å²) in [6.45, 7) is 4.17. The minimum absolute atomic E-state index is 0.289. The average Bonchev–Trinajstić information content (AvgIpc) is 3.42. The molecular weight excluding hydrogens is 524 g/mol. The Hall–Kier alpha value is -2.87. The molecule has 0 atom stereocenters. The first-order chi connectivity index (χ1) is 18.2. The number of hydroxylamine groups is 1. The number of likely N-dealkylation sites (N-methyl/N-ethyl adjacent to an activating group) is 2. The van der Waals surface area contributed by atoms with Crippen molar-refractivity contribution in [1.82, 2.24) is 24.6 Å². The molecule has 10 nitrogen and oxygen atoms in total. The number of anilines is 1. The molecule has 0 aliphatic carbocycles. The number of amides is 1. The Labute approximate surface area is 228 Å². The van der Waals surface area contributed by atoms with Crippen molar-refractivity contribution in [3.05, 3.63) is 65.2 Å². The second-order valence-electron chi connectivity index (χ2n) is 9.58. The first kappa shape index (κ1) is 28.1. The second-order valence-corrected chi connectivity index (χ2v) is 12.5. The molecule has 0 unspecified atom stereocenters. The summed E-state index contributed by atoms with van der Waals surface area (Å²) in [4.78, 5) is 22.8. The van der Waals surface area contributed by atoms with Crippen molar-refractivity contribution in [3.63, 3.8) is 0 Å². The van der Waals surface area contributed by atoms with E-state index in [0.717, 1.165) is 42.1 Å². The van der Waals surface area contributed by atoms with Crippen LogP contribution in [0.4, 0.5) is 5.13 Å². The highest BCUT2D eigenvalue weighted by Gasteiger charge is 2.31. The van der Waals surface area contributed by atoms with Gasteiger partial charge in [0.15, 0.2) is 5.13 Å². The van der Waals surface area contributed by atoms with Crippen molar-refractivity contribution >= 4 is 32.4 Å². The minimum Gasteiger partial charge on any atom is -0.345 e. The number of sulfonamides is 1. The number of piperazine rings is 1. The number of nitrogens with one attached hydrogen (secondary N) is 1. The summed E-state index contributed by atoms with van der Waals surface area (Å²) >= 11 is 1.16. The van der Waals surface area contributed by atoms with Crippen LogP contribution in [-0.4, -0.2) is 99.0 Å². The fourth-order valence-corrected chi connectivity index (χ4v) is 6.85. The van der Waals surface area contributed by atoms with Gasteiger partial charge in [-0.05, 0) is 44.4 Å². The van der Waals surface area contributed by atoms with Crippen LogP contribution in [-0.2, 0) is 16.6 Å². The first-order valence-electron chi connectivity index (χ1n) is 12.4. The monoisotopic (exact) mass is 558 g/mol. The highest BCUT2D eigenvalue weighted by atomic mass is 32.2. The molecule has 1 saturated heterocycles. The number of thiazole rings is 1. The van der Waals surface area contributed by atoms with Gasteiger partial charge in [0.2, 0.25) is 10.0 Å². The normalized spacial score (nSPS) is 14.8. The summed E-state index contributed by atoms with van der Waals surface area (Å²) in [5, 5.41) is 9.45. The van der Waals surface area contributed by atoms with Gasteiger partial charge in [-0.25, -0.2) is 18.9 Å². The second kappa shape index (κ2) is 12.3. The van der Waals surface area contributed by atoms with Crippen molar-refractivity contribution < 1.29 is 18.4 Å². The average molecular weight is 559 g/mol. The van der Waals surface area contributed by atoms with E-state index in [9.17, 15) is 13.2 Å². The van der Waals surface area contributed by atoms with Crippen molar-refractivity contribution in [3.8, 4) is 11.1 Å². The Bertz CT molecular complexity index is 1350. The minimum atomic E-state index is -3.74. The van der Waals surface area contributed by atoms with Crippen molar-refractivity contribution in [2.75, 3.05) is 65.3 Å². The van der Waals surface area contributed by atoms with Crippen LogP contribution in [0.25, 0.3) is 11.1 Å². The molecule has 1 aromatic heterocycles. The molecule has 1 fully saturated rings. The summed E-state index contributed by atoms with van der Waals surface area (Å²) in [5.74, 6) is -0.615. The van der Waals surface area contributed by atoms with E-state index in [1.54, 1.807) is 17.6 Å². The lowest BCUT2D eigenvalue weighted by molar-refractivity contribution is 0.0710. The molecule has 0 radical (unpaired) electrons. The molecule has 1 amide bonds. The van der Waals surface area contributed by atoms with Crippen LogP contribution in [0.2, 0.25) is 0 Å². The lowest BCUT2D eigenvalue weighted by Gasteiger charge is -2.34. The molecule has 2 aromatic carbocycles. The van der Waals surface area contributed by atoms with E-state index >= 15 is 0 Å². The van der Waals surface area contributed by atoms with E-state index in [1.807, 2.05) is 29.2 Å². The summed E-state index contributed by atoms with van der Waals surface area (Å²) in [7, 11) is 2.46.